The van der Waals surface area contributed by atoms with Crippen molar-refractivity contribution in [3.63, 3.8) is 0 Å². The van der Waals surface area contributed by atoms with Gasteiger partial charge in [-0.2, -0.15) is 5.26 Å². The Morgan fingerprint density at radius 2 is 1.97 bits per heavy atom. The lowest BCUT2D eigenvalue weighted by Gasteiger charge is -2.30. The van der Waals surface area contributed by atoms with E-state index >= 15 is 0 Å². The van der Waals surface area contributed by atoms with Crippen molar-refractivity contribution in [1.82, 2.24) is 14.3 Å². The molecule has 0 amide bonds. The molecule has 1 atom stereocenters. The van der Waals surface area contributed by atoms with Crippen LogP contribution < -0.4 is 4.72 Å². The number of aromatic nitrogens is 2. The molecule has 0 bridgehead atoms. The molecular formula is C24H26N4O2S. The largest absolute Gasteiger partial charge is 0.335 e. The molecule has 0 spiro atoms. The highest BCUT2D eigenvalue weighted by Gasteiger charge is 2.32. The maximum Gasteiger partial charge on any atom is 0.242 e. The maximum atomic E-state index is 12.7. The zero-order valence-corrected chi connectivity index (χ0v) is 18.6. The van der Waals surface area contributed by atoms with Gasteiger partial charge in [0.05, 0.1) is 22.5 Å². The van der Waals surface area contributed by atoms with E-state index in [1.807, 2.05) is 19.1 Å². The summed E-state index contributed by atoms with van der Waals surface area (Å²) in [6, 6.07) is 12.1. The molecule has 2 fully saturated rings. The van der Waals surface area contributed by atoms with Gasteiger partial charge in [-0.25, -0.2) is 13.1 Å². The van der Waals surface area contributed by atoms with Crippen molar-refractivity contribution in [2.75, 3.05) is 0 Å². The van der Waals surface area contributed by atoms with E-state index in [0.717, 1.165) is 47.8 Å². The Morgan fingerprint density at radius 1 is 1.19 bits per heavy atom. The van der Waals surface area contributed by atoms with Gasteiger partial charge in [-0.15, -0.1) is 0 Å². The average Bonchev–Trinajstić information content (AvgIpc) is 3.51. The smallest absolute Gasteiger partial charge is 0.242 e. The number of nitrogens with zero attached hydrogens (tertiary/aromatic N) is 3. The van der Waals surface area contributed by atoms with E-state index in [1.165, 1.54) is 12.6 Å². The minimum absolute atomic E-state index is 0.0701. The number of aryl methyl sites for hydroxylation is 1. The molecule has 31 heavy (non-hydrogen) atoms. The van der Waals surface area contributed by atoms with Crippen molar-refractivity contribution < 1.29 is 8.42 Å². The topological polar surface area (TPSA) is 87.8 Å². The first-order chi connectivity index (χ1) is 14.9. The molecule has 160 valence electrons. The van der Waals surface area contributed by atoms with Gasteiger partial charge in [0.15, 0.2) is 0 Å². The molecule has 0 unspecified atom stereocenters. The molecule has 2 aromatic heterocycles. The second kappa shape index (κ2) is 7.47. The number of hydrogen-bond donors (Lipinski definition) is 1. The number of pyridine rings is 1. The van der Waals surface area contributed by atoms with Crippen molar-refractivity contribution in [2.24, 2.45) is 5.92 Å². The molecule has 1 N–H and O–H groups in total. The zero-order valence-electron chi connectivity index (χ0n) is 17.8. The normalized spacial score (nSPS) is 18.0. The Balaban J connectivity index is 1.59. The fourth-order valence-corrected chi connectivity index (χ4v) is 5.75. The van der Waals surface area contributed by atoms with Gasteiger partial charge in [0.2, 0.25) is 10.0 Å². The van der Waals surface area contributed by atoms with Crippen molar-refractivity contribution in [1.29, 1.82) is 5.26 Å². The molecule has 0 aliphatic heterocycles. The molecule has 5 rings (SSSR count). The summed E-state index contributed by atoms with van der Waals surface area (Å²) in [6.07, 6.45) is 6.88. The first-order valence-corrected chi connectivity index (χ1v) is 12.4. The third kappa shape index (κ3) is 3.54. The van der Waals surface area contributed by atoms with E-state index in [9.17, 15) is 13.7 Å². The summed E-state index contributed by atoms with van der Waals surface area (Å²) in [5.74, 6) is 0.432. The van der Waals surface area contributed by atoms with Gasteiger partial charge in [-0.1, -0.05) is 12.1 Å². The number of nitriles is 1. The average molecular weight is 435 g/mol. The van der Waals surface area contributed by atoms with Crippen LogP contribution in [0, 0.1) is 24.2 Å². The van der Waals surface area contributed by atoms with Crippen LogP contribution in [0.3, 0.4) is 0 Å². The number of rotatable bonds is 6. The second-order valence-electron chi connectivity index (χ2n) is 8.94. The fraction of sp³-hybridized carbons (Fsp3) is 0.417. The van der Waals surface area contributed by atoms with Gasteiger partial charge >= 0.3 is 0 Å². The Bertz CT molecular complexity index is 1290. The number of sulfonamides is 1. The number of fused-ring (bicyclic) bond motifs is 1. The van der Waals surface area contributed by atoms with Crippen molar-refractivity contribution in [3.8, 4) is 17.5 Å². The molecule has 1 aromatic carbocycles. The van der Waals surface area contributed by atoms with Gasteiger partial charge in [0, 0.05) is 23.7 Å². The molecular weight excluding hydrogens is 408 g/mol. The van der Waals surface area contributed by atoms with E-state index in [0.29, 0.717) is 23.2 Å². The monoisotopic (exact) mass is 434 g/mol. The van der Waals surface area contributed by atoms with Gasteiger partial charge in [-0.3, -0.25) is 4.98 Å². The minimum Gasteiger partial charge on any atom is -0.335 e. The number of benzene rings is 1. The Hall–Kier alpha value is -2.69. The van der Waals surface area contributed by atoms with E-state index in [1.54, 1.807) is 12.1 Å². The highest BCUT2D eigenvalue weighted by molar-refractivity contribution is 7.89. The number of hydrogen-bond acceptors (Lipinski definition) is 4. The summed E-state index contributed by atoms with van der Waals surface area (Å²) in [7, 11) is -3.61. The van der Waals surface area contributed by atoms with Crippen LogP contribution in [-0.2, 0) is 10.0 Å². The Morgan fingerprint density at radius 3 is 2.55 bits per heavy atom. The van der Waals surface area contributed by atoms with Crippen molar-refractivity contribution in [3.05, 3.63) is 47.7 Å². The van der Waals surface area contributed by atoms with Gasteiger partial charge in [-0.05, 0) is 75.6 Å². The summed E-state index contributed by atoms with van der Waals surface area (Å²) in [5.41, 5.74) is 4.22. The maximum absolute atomic E-state index is 12.7. The molecule has 2 aliphatic rings. The van der Waals surface area contributed by atoms with Gasteiger partial charge < -0.3 is 4.57 Å². The van der Waals surface area contributed by atoms with Crippen LogP contribution >= 0.6 is 0 Å². The quantitative estimate of drug-likeness (QED) is 0.610. The first-order valence-electron chi connectivity index (χ1n) is 10.9. The Kier molecular flexibility index (Phi) is 4.87. The van der Waals surface area contributed by atoms with Crippen LogP contribution in [0.1, 0.15) is 56.2 Å². The summed E-state index contributed by atoms with van der Waals surface area (Å²) >= 11 is 0. The zero-order chi connectivity index (χ0) is 21.8. The molecule has 2 aliphatic carbocycles. The third-order valence-corrected chi connectivity index (χ3v) is 8.22. The summed E-state index contributed by atoms with van der Waals surface area (Å²) < 4.78 is 30.5. The van der Waals surface area contributed by atoms with Crippen LogP contribution in [0.4, 0.5) is 0 Å². The third-order valence-electron chi connectivity index (χ3n) is 6.67. The molecule has 2 heterocycles. The SMILES string of the molecule is Cc1ccc2c(C#N)c(-c3ccc(S(=O)(=O)N[C@@H](C)C4CC4)cn3)n(C3CCC3)c2c1. The molecule has 0 saturated heterocycles. The lowest BCUT2D eigenvalue weighted by atomic mass is 9.92. The fourth-order valence-electron chi connectivity index (χ4n) is 4.49. The van der Waals surface area contributed by atoms with Crippen LogP contribution in [0.15, 0.2) is 41.4 Å². The highest BCUT2D eigenvalue weighted by Crippen LogP contribution is 2.42. The lowest BCUT2D eigenvalue weighted by Crippen LogP contribution is -2.34. The van der Waals surface area contributed by atoms with E-state index in [-0.39, 0.29) is 10.9 Å². The standard InChI is InChI=1S/C24H26N4O2S/c1-15-6-10-20-21(13-25)24(28(23(20)12-15)18-4-3-5-18)22-11-9-19(14-26-22)31(29,30)27-16(2)17-7-8-17/h6,9-12,14,16-18,27H,3-5,7-8H2,1-2H3/t16-/m0/s1. The Labute approximate surface area is 183 Å². The highest BCUT2D eigenvalue weighted by atomic mass is 32.2. The summed E-state index contributed by atoms with van der Waals surface area (Å²) in [4.78, 5) is 4.68. The molecule has 2 saturated carbocycles. The molecule has 3 aromatic rings. The van der Waals surface area contributed by atoms with Crippen LogP contribution in [0.2, 0.25) is 0 Å². The minimum atomic E-state index is -3.61. The van der Waals surface area contributed by atoms with Gasteiger partial charge in [0.25, 0.3) is 0 Å². The van der Waals surface area contributed by atoms with E-state index in [2.05, 4.69) is 33.3 Å². The first kappa shape index (κ1) is 20.2. The predicted octanol–water partition coefficient (Wildman–Crippen LogP) is 4.69. The molecule has 7 heteroatoms. The van der Waals surface area contributed by atoms with Crippen molar-refractivity contribution in [2.45, 2.75) is 62.9 Å². The van der Waals surface area contributed by atoms with Gasteiger partial charge in [0.1, 0.15) is 11.0 Å². The second-order valence-corrected chi connectivity index (χ2v) is 10.7. The molecule has 6 nitrogen and oxygen atoms in total. The van der Waals surface area contributed by atoms with Crippen LogP contribution in [0.5, 0.6) is 0 Å². The molecule has 0 radical (unpaired) electrons. The van der Waals surface area contributed by atoms with Crippen LogP contribution in [0.25, 0.3) is 22.3 Å². The van der Waals surface area contributed by atoms with E-state index in [4.69, 9.17) is 0 Å². The summed E-state index contributed by atoms with van der Waals surface area (Å²) in [6.45, 7) is 3.96. The summed E-state index contributed by atoms with van der Waals surface area (Å²) in [5, 5.41) is 10.9. The predicted molar refractivity (Wildman–Crippen MR) is 120 cm³/mol. The van der Waals surface area contributed by atoms with Crippen LogP contribution in [-0.4, -0.2) is 24.0 Å². The lowest BCUT2D eigenvalue weighted by molar-refractivity contribution is 0.324. The van der Waals surface area contributed by atoms with Crippen molar-refractivity contribution >= 4 is 20.9 Å². The number of nitrogens with one attached hydrogen (secondary N) is 1. The van der Waals surface area contributed by atoms with E-state index < -0.39 is 10.0 Å².